The molecule has 4 nitrogen and oxygen atoms in total. The van der Waals surface area contributed by atoms with Crippen LogP contribution >= 0.6 is 0 Å². The molecule has 0 amide bonds. The fourth-order valence-corrected chi connectivity index (χ4v) is 15.7. The fraction of sp³-hybridized carbons (Fsp3) is 0.325. The molecular formula is C83H87BN4. The lowest BCUT2D eigenvalue weighted by atomic mass is 9.33. The first kappa shape index (κ1) is 56.5. The molecule has 0 N–H and O–H groups in total. The van der Waals surface area contributed by atoms with Crippen molar-refractivity contribution in [3.05, 3.63) is 245 Å². The molecule has 5 aliphatic carbocycles. The van der Waals surface area contributed by atoms with E-state index < -0.39 is 0 Å². The number of hydrogen-bond donors (Lipinski definition) is 0. The molecule has 0 spiro atoms. The molecule has 5 heteroatoms. The summed E-state index contributed by atoms with van der Waals surface area (Å²) in [6, 6.07) is 67.0. The monoisotopic (exact) mass is 1150 g/mol. The van der Waals surface area contributed by atoms with Crippen LogP contribution in [0.1, 0.15) is 138 Å². The van der Waals surface area contributed by atoms with Crippen molar-refractivity contribution in [3.8, 4) is 11.1 Å². The van der Waals surface area contributed by atoms with Crippen molar-refractivity contribution in [1.29, 1.82) is 0 Å². The van der Waals surface area contributed by atoms with Gasteiger partial charge >= 0.3 is 0 Å². The average molecular weight is 1150 g/mol. The summed E-state index contributed by atoms with van der Waals surface area (Å²) in [6.07, 6.45) is 19.0. The second-order valence-electron chi connectivity index (χ2n) is 31.9. The standard InChI is InChI=1S/C83H87BN4/c1-78(2,3)57-28-33-62(34-29-57)85(63-35-30-58(31-36-63)79(4,5)6)66-48-75-77-76(49-66)87(73-46-61(81(10,11)12)41-54-42-67(54)73)72-39-37-65(88(64-26-19-16-20-27-64)83-40-22-21-25-60(83)52-83)47-70(72)84(77)69-43-55-50-82(13,14)51-56(55)44-74(69)86(75)71-38-32-59(80(7,8)9)45-68(71)53-23-17-15-18-24-53/h15-41,43-49,54,60,67H,42,50-52H2,1-14H3. The summed E-state index contributed by atoms with van der Waals surface area (Å²) in [5, 5.41) is 0. The van der Waals surface area contributed by atoms with Crippen molar-refractivity contribution in [2.24, 2.45) is 28.6 Å². The normalized spacial score (nSPS) is 20.9. The van der Waals surface area contributed by atoms with E-state index in [-0.39, 0.29) is 39.3 Å². The van der Waals surface area contributed by atoms with E-state index >= 15 is 0 Å². The largest absolute Gasteiger partial charge is 0.331 e. The van der Waals surface area contributed by atoms with Crippen LogP contribution < -0.4 is 36.0 Å². The van der Waals surface area contributed by atoms with E-state index in [9.17, 15) is 0 Å². The van der Waals surface area contributed by atoms with Gasteiger partial charge in [-0.1, -0.05) is 212 Å². The molecule has 0 saturated heterocycles. The molecule has 442 valence electrons. The summed E-state index contributed by atoms with van der Waals surface area (Å²) < 4.78 is 0. The Morgan fingerprint density at radius 1 is 0.489 bits per heavy atom. The number of fused-ring (bicyclic) bond motifs is 7. The van der Waals surface area contributed by atoms with Crippen molar-refractivity contribution in [2.45, 2.75) is 144 Å². The van der Waals surface area contributed by atoms with Gasteiger partial charge in [0.2, 0.25) is 0 Å². The highest BCUT2D eigenvalue weighted by atomic mass is 15.3. The van der Waals surface area contributed by atoms with Gasteiger partial charge in [-0.25, -0.2) is 0 Å². The SMILES string of the molecule is CC1(C)Cc2cc3c(cc2C1)N(c1ccc(C(C)(C)C)cc1-c1ccccc1)c1cc(N(c2ccc(C(C)(C)C)cc2)c2ccc(C(C)(C)C)cc2)cc2c1B3c1cc(N(c3ccccc3)C34C=CC=CC3C4)ccc1N2C1=CC(C(C)(C)C)=CC2CC12. The van der Waals surface area contributed by atoms with Crippen molar-refractivity contribution in [2.75, 3.05) is 19.6 Å². The minimum absolute atomic E-state index is 0.00415. The third-order valence-corrected chi connectivity index (χ3v) is 20.7. The van der Waals surface area contributed by atoms with E-state index in [0.717, 1.165) is 42.7 Å². The number of hydrogen-bond acceptors (Lipinski definition) is 4. The van der Waals surface area contributed by atoms with Crippen molar-refractivity contribution in [1.82, 2.24) is 0 Å². The topological polar surface area (TPSA) is 13.0 Å². The van der Waals surface area contributed by atoms with Gasteiger partial charge in [0.1, 0.15) is 0 Å². The van der Waals surface area contributed by atoms with Crippen molar-refractivity contribution < 1.29 is 0 Å². The van der Waals surface area contributed by atoms with Gasteiger partial charge < -0.3 is 19.6 Å². The Hall–Kier alpha value is -8.02. The molecular weight excluding hydrogens is 1060 g/mol. The smallest absolute Gasteiger partial charge is 0.252 e. The summed E-state index contributed by atoms with van der Waals surface area (Å²) in [5.41, 5.74) is 28.3. The zero-order valence-corrected chi connectivity index (χ0v) is 54.6. The number of allylic oxidation sites excluding steroid dienone is 6. The molecule has 8 aromatic carbocycles. The Morgan fingerprint density at radius 3 is 1.67 bits per heavy atom. The summed E-state index contributed by atoms with van der Waals surface area (Å²) in [5.74, 6) is 1.34. The maximum Gasteiger partial charge on any atom is 0.252 e. The number of nitrogens with zero attached hydrogens (tertiary/aromatic N) is 4. The van der Waals surface area contributed by atoms with Crippen molar-refractivity contribution >= 4 is 80.0 Å². The van der Waals surface area contributed by atoms with E-state index in [1.165, 1.54) is 106 Å². The second kappa shape index (κ2) is 19.7. The molecule has 8 aromatic rings. The molecule has 2 saturated carbocycles. The lowest BCUT2D eigenvalue weighted by Gasteiger charge is -2.47. The first-order valence-corrected chi connectivity index (χ1v) is 32.8. The molecule has 4 atom stereocenters. The number of benzene rings is 8. The van der Waals surface area contributed by atoms with Crippen LogP contribution in [0.2, 0.25) is 0 Å². The molecule has 2 fully saturated rings. The van der Waals surface area contributed by atoms with Crippen LogP contribution in [0.4, 0.5) is 56.9 Å². The predicted octanol–water partition coefficient (Wildman–Crippen LogP) is 20.1. The van der Waals surface area contributed by atoms with Crippen LogP contribution in [-0.4, -0.2) is 12.3 Å². The van der Waals surface area contributed by atoms with Gasteiger partial charge in [-0.15, -0.1) is 0 Å². The lowest BCUT2D eigenvalue weighted by Crippen LogP contribution is -2.62. The highest BCUT2D eigenvalue weighted by Gasteiger charge is 2.57. The second-order valence-corrected chi connectivity index (χ2v) is 31.9. The molecule has 7 aliphatic rings. The fourth-order valence-electron chi connectivity index (χ4n) is 15.7. The van der Waals surface area contributed by atoms with Gasteiger partial charge in [-0.3, -0.25) is 0 Å². The minimum atomic E-state index is -0.142. The molecule has 0 radical (unpaired) electrons. The maximum absolute atomic E-state index is 2.79. The van der Waals surface area contributed by atoms with Gasteiger partial charge in [0.25, 0.3) is 6.71 Å². The van der Waals surface area contributed by atoms with Gasteiger partial charge in [-0.05, 0) is 205 Å². The number of para-hydroxylation sites is 1. The summed E-state index contributed by atoms with van der Waals surface area (Å²) in [7, 11) is 0. The van der Waals surface area contributed by atoms with E-state index in [0.29, 0.717) is 17.8 Å². The van der Waals surface area contributed by atoms with E-state index in [4.69, 9.17) is 0 Å². The summed E-state index contributed by atoms with van der Waals surface area (Å²) in [6.45, 7) is 33.1. The van der Waals surface area contributed by atoms with Crippen LogP contribution in [0.25, 0.3) is 11.1 Å². The molecule has 2 heterocycles. The first-order chi connectivity index (χ1) is 41.8. The van der Waals surface area contributed by atoms with E-state index in [2.05, 4.69) is 323 Å². The maximum atomic E-state index is 2.79. The first-order valence-electron chi connectivity index (χ1n) is 32.8. The van der Waals surface area contributed by atoms with Gasteiger partial charge in [0.15, 0.2) is 0 Å². The Bertz CT molecular complexity index is 4190. The average Bonchev–Trinajstić information content (AvgIpc) is 1.77. The van der Waals surface area contributed by atoms with Crippen LogP contribution in [0.3, 0.4) is 0 Å². The predicted molar refractivity (Wildman–Crippen MR) is 377 cm³/mol. The molecule has 88 heavy (non-hydrogen) atoms. The Kier molecular flexibility index (Phi) is 12.7. The zero-order valence-electron chi connectivity index (χ0n) is 54.6. The zero-order chi connectivity index (χ0) is 61.2. The van der Waals surface area contributed by atoms with Gasteiger partial charge in [-0.2, -0.15) is 0 Å². The molecule has 0 aromatic heterocycles. The van der Waals surface area contributed by atoms with E-state index in [1.54, 1.807) is 0 Å². The molecule has 2 aliphatic heterocycles. The lowest BCUT2D eigenvalue weighted by molar-refractivity contribution is 0.392. The Balaban J connectivity index is 1.08. The Labute approximate surface area is 526 Å². The van der Waals surface area contributed by atoms with E-state index in [1.807, 2.05) is 0 Å². The van der Waals surface area contributed by atoms with Crippen molar-refractivity contribution in [3.63, 3.8) is 0 Å². The number of rotatable bonds is 9. The Morgan fingerprint density at radius 2 is 1.06 bits per heavy atom. The third kappa shape index (κ3) is 9.46. The van der Waals surface area contributed by atoms with Crippen LogP contribution in [0, 0.1) is 28.6 Å². The minimum Gasteiger partial charge on any atom is -0.331 e. The van der Waals surface area contributed by atoms with Crippen LogP contribution in [-0.2, 0) is 29.1 Å². The molecule has 0 bridgehead atoms. The molecule has 4 unspecified atom stereocenters. The number of anilines is 10. The van der Waals surface area contributed by atoms with Gasteiger partial charge in [0, 0.05) is 68.6 Å². The van der Waals surface area contributed by atoms with Crippen LogP contribution in [0.5, 0.6) is 0 Å². The highest BCUT2D eigenvalue weighted by molar-refractivity contribution is 7.00. The molecule has 15 rings (SSSR count). The third-order valence-electron chi connectivity index (χ3n) is 20.7. The highest BCUT2D eigenvalue weighted by Crippen LogP contribution is 2.59. The summed E-state index contributed by atoms with van der Waals surface area (Å²) >= 11 is 0. The quantitative estimate of drug-likeness (QED) is 0.134. The van der Waals surface area contributed by atoms with Crippen LogP contribution in [0.15, 0.2) is 218 Å². The summed E-state index contributed by atoms with van der Waals surface area (Å²) in [4.78, 5) is 10.8. The van der Waals surface area contributed by atoms with Gasteiger partial charge in [0.05, 0.1) is 16.9 Å².